The Morgan fingerprint density at radius 2 is 1.08 bits per heavy atom. The zero-order chi connectivity index (χ0) is 43.2. The number of rotatable bonds is 1. The van der Waals surface area contributed by atoms with Crippen LogP contribution in [0.1, 0.15) is 105 Å². The smallest absolute Gasteiger partial charge is 0.252 e. The molecule has 0 radical (unpaired) electrons. The lowest BCUT2D eigenvalue weighted by Gasteiger charge is -2.41. The number of nitrogens with zero attached hydrogens (tertiary/aromatic N) is 5. The second-order valence-corrected chi connectivity index (χ2v) is 22.4. The molecule has 62 heavy (non-hydrogen) atoms. The molecule has 5 nitrogen and oxygen atoms in total. The first-order valence-corrected chi connectivity index (χ1v) is 22.4. The van der Waals surface area contributed by atoms with Gasteiger partial charge in [-0.2, -0.15) is 0 Å². The molecule has 7 heterocycles. The third kappa shape index (κ3) is 4.87. The summed E-state index contributed by atoms with van der Waals surface area (Å²) in [6, 6.07) is 35.7. The van der Waals surface area contributed by atoms with Gasteiger partial charge in [-0.05, 0) is 115 Å². The quantitative estimate of drug-likeness (QED) is 0.155. The highest BCUT2D eigenvalue weighted by atomic mass is 15.2. The van der Waals surface area contributed by atoms with Gasteiger partial charge in [0.15, 0.2) is 0 Å². The van der Waals surface area contributed by atoms with Gasteiger partial charge in [-0.15, -0.1) is 0 Å². The van der Waals surface area contributed by atoms with Crippen LogP contribution in [0.25, 0.3) is 65.7 Å². The van der Waals surface area contributed by atoms with Gasteiger partial charge in [0.25, 0.3) is 6.71 Å². The van der Waals surface area contributed by atoms with E-state index in [-0.39, 0.29) is 28.4 Å². The maximum atomic E-state index is 5.29. The van der Waals surface area contributed by atoms with E-state index in [1.807, 2.05) is 6.20 Å². The minimum Gasteiger partial charge on any atom is -0.311 e. The number of hydrogen-bond donors (Lipinski definition) is 0. The van der Waals surface area contributed by atoms with Gasteiger partial charge in [-0.25, -0.2) is 0 Å². The van der Waals surface area contributed by atoms with Crippen LogP contribution in [-0.4, -0.2) is 25.6 Å². The first-order valence-electron chi connectivity index (χ1n) is 22.4. The molecule has 0 atom stereocenters. The SMILES string of the molecule is CC(C)(C)c1ccc(N2c3ccc(C(C)(C)C)cc3B3c4c2c2c5ccncc5n5c6ccc(C(C)(C)C)cc6c(c4-n4c6ccc(C(C)(C)C)cc6c6nccc3c64)c25)cc1. The maximum Gasteiger partial charge on any atom is 0.252 e. The molecule has 5 aromatic heterocycles. The van der Waals surface area contributed by atoms with Crippen LogP contribution >= 0.6 is 0 Å². The molecule has 10 aromatic rings. The zero-order valence-corrected chi connectivity index (χ0v) is 38.2. The molecular weight excluding hydrogens is 753 g/mol. The van der Waals surface area contributed by atoms with Crippen LogP contribution in [-0.2, 0) is 21.7 Å². The van der Waals surface area contributed by atoms with E-state index in [0.29, 0.717) is 0 Å². The second-order valence-electron chi connectivity index (χ2n) is 22.4. The monoisotopic (exact) mass is 807 g/mol. The lowest BCUT2D eigenvalue weighted by atomic mass is 9.33. The fourth-order valence-corrected chi connectivity index (χ4v) is 11.1. The summed E-state index contributed by atoms with van der Waals surface area (Å²) < 4.78 is 5.15. The van der Waals surface area contributed by atoms with Gasteiger partial charge in [0.1, 0.15) is 0 Å². The van der Waals surface area contributed by atoms with Crippen molar-refractivity contribution in [2.24, 2.45) is 0 Å². The molecule has 0 saturated carbocycles. The molecule has 0 unspecified atom stereocenters. The zero-order valence-electron chi connectivity index (χ0n) is 38.2. The summed E-state index contributed by atoms with van der Waals surface area (Å²) in [5.41, 5.74) is 21.2. The molecule has 0 fully saturated rings. The Kier molecular flexibility index (Phi) is 7.19. The van der Waals surface area contributed by atoms with E-state index in [1.165, 1.54) is 105 Å². The molecule has 306 valence electrons. The van der Waals surface area contributed by atoms with Gasteiger partial charge in [-0.3, -0.25) is 9.97 Å². The molecule has 0 aliphatic carbocycles. The lowest BCUT2D eigenvalue weighted by molar-refractivity contribution is 0.590. The van der Waals surface area contributed by atoms with Gasteiger partial charge in [0.2, 0.25) is 0 Å². The van der Waals surface area contributed by atoms with Gasteiger partial charge in [0.05, 0.1) is 50.7 Å². The number of benzene rings is 5. The molecule has 2 aliphatic heterocycles. The Morgan fingerprint density at radius 3 is 1.76 bits per heavy atom. The molecule has 12 rings (SSSR count). The van der Waals surface area contributed by atoms with Crippen molar-refractivity contribution in [2.75, 3.05) is 4.90 Å². The summed E-state index contributed by atoms with van der Waals surface area (Å²) in [6.07, 6.45) is 6.13. The number of pyridine rings is 2. The molecule has 2 aliphatic rings. The van der Waals surface area contributed by atoms with Crippen molar-refractivity contribution in [2.45, 2.75) is 105 Å². The van der Waals surface area contributed by atoms with Crippen LogP contribution in [0.2, 0.25) is 0 Å². The van der Waals surface area contributed by atoms with Crippen molar-refractivity contribution in [3.63, 3.8) is 0 Å². The highest BCUT2D eigenvalue weighted by Crippen LogP contribution is 2.52. The fourth-order valence-electron chi connectivity index (χ4n) is 11.1. The van der Waals surface area contributed by atoms with E-state index in [9.17, 15) is 0 Å². The molecule has 0 saturated heterocycles. The summed E-state index contributed by atoms with van der Waals surface area (Å²) in [5.74, 6) is 0. The predicted octanol–water partition coefficient (Wildman–Crippen LogP) is 12.5. The highest BCUT2D eigenvalue weighted by Gasteiger charge is 2.46. The third-order valence-electron chi connectivity index (χ3n) is 14.4. The minimum absolute atomic E-state index is 0.0141. The highest BCUT2D eigenvalue weighted by molar-refractivity contribution is 7.01. The number of fused-ring (bicyclic) bond motifs is 15. The molecule has 0 N–H and O–H groups in total. The van der Waals surface area contributed by atoms with E-state index in [0.717, 1.165) is 16.7 Å². The number of hydrogen-bond acceptors (Lipinski definition) is 3. The second kappa shape index (κ2) is 11.9. The van der Waals surface area contributed by atoms with Crippen LogP contribution in [0, 0.1) is 0 Å². The van der Waals surface area contributed by atoms with Gasteiger partial charge in [-0.1, -0.05) is 119 Å². The number of aromatic nitrogens is 4. The topological polar surface area (TPSA) is 38.4 Å². The van der Waals surface area contributed by atoms with Crippen LogP contribution in [0.3, 0.4) is 0 Å². The van der Waals surface area contributed by atoms with Crippen LogP contribution in [0.4, 0.5) is 17.1 Å². The average Bonchev–Trinajstić information content (AvgIpc) is 3.86. The van der Waals surface area contributed by atoms with Crippen molar-refractivity contribution in [3.05, 3.63) is 132 Å². The Labute approximate surface area is 364 Å². The standard InChI is InChI=1S/C56H54BN5/c1-53(2,3)31-13-18-35(19-14-31)60-43-22-17-34(56(10,11)12)29-40(43)57-39-24-26-59-48-38-28-33(55(7,8)9)16-21-42(38)62(49(39)48)52-46-37-27-32(54(4,5)6)15-20-41(37)61-44-30-58-25-23-36(44)45(50(46)61)51(60)47(52)57/h13-30H,1-12H3. The van der Waals surface area contributed by atoms with E-state index < -0.39 is 0 Å². The Morgan fingerprint density at radius 1 is 0.484 bits per heavy atom. The van der Waals surface area contributed by atoms with Gasteiger partial charge < -0.3 is 13.9 Å². The van der Waals surface area contributed by atoms with Crippen molar-refractivity contribution in [1.82, 2.24) is 18.9 Å². The summed E-state index contributed by atoms with van der Waals surface area (Å²) >= 11 is 0. The van der Waals surface area contributed by atoms with Gasteiger partial charge in [0, 0.05) is 50.7 Å². The van der Waals surface area contributed by atoms with Crippen molar-refractivity contribution in [1.29, 1.82) is 0 Å². The summed E-state index contributed by atoms with van der Waals surface area (Å²) in [5, 5.41) is 6.29. The Bertz CT molecular complexity index is 3560. The lowest BCUT2D eigenvalue weighted by Crippen LogP contribution is -2.60. The summed E-state index contributed by atoms with van der Waals surface area (Å²) in [6.45, 7) is 27.8. The first-order chi connectivity index (χ1) is 29.3. The van der Waals surface area contributed by atoms with E-state index in [1.54, 1.807) is 0 Å². The summed E-state index contributed by atoms with van der Waals surface area (Å²) in [4.78, 5) is 12.7. The van der Waals surface area contributed by atoms with Crippen LogP contribution < -0.4 is 21.3 Å². The molecule has 0 bridgehead atoms. The number of anilines is 3. The third-order valence-corrected chi connectivity index (χ3v) is 14.4. The minimum atomic E-state index is -0.0431. The van der Waals surface area contributed by atoms with Crippen molar-refractivity contribution >= 4 is 100 Å². The fraction of sp³-hybridized carbons (Fsp3) is 0.286. The van der Waals surface area contributed by atoms with Gasteiger partial charge >= 0.3 is 0 Å². The molecule has 0 amide bonds. The molecule has 5 aromatic carbocycles. The largest absolute Gasteiger partial charge is 0.311 e. The Balaban J connectivity index is 1.37. The van der Waals surface area contributed by atoms with Crippen molar-refractivity contribution < 1.29 is 0 Å². The summed E-state index contributed by atoms with van der Waals surface area (Å²) in [7, 11) is 0. The Hall–Kier alpha value is -6.14. The normalized spacial score (nSPS) is 14.4. The molecule has 6 heteroatoms. The van der Waals surface area contributed by atoms with E-state index >= 15 is 0 Å². The van der Waals surface area contributed by atoms with Crippen molar-refractivity contribution in [3.8, 4) is 5.69 Å². The van der Waals surface area contributed by atoms with E-state index in [2.05, 4.69) is 200 Å². The average molecular weight is 808 g/mol. The maximum absolute atomic E-state index is 5.29. The van der Waals surface area contributed by atoms with E-state index in [4.69, 9.17) is 9.97 Å². The van der Waals surface area contributed by atoms with Crippen LogP contribution in [0.15, 0.2) is 110 Å². The predicted molar refractivity (Wildman–Crippen MR) is 265 cm³/mol. The first kappa shape index (κ1) is 37.6. The molecular formula is C56H54BN5. The van der Waals surface area contributed by atoms with Crippen LogP contribution in [0.5, 0.6) is 0 Å². The molecule has 0 spiro atoms.